The zero-order valence-corrected chi connectivity index (χ0v) is 10.1. The predicted molar refractivity (Wildman–Crippen MR) is 65.2 cm³/mol. The van der Waals surface area contributed by atoms with Gasteiger partial charge in [0.1, 0.15) is 5.75 Å². The zero-order chi connectivity index (χ0) is 13.0. The second-order valence-electron chi connectivity index (χ2n) is 4.60. The van der Waals surface area contributed by atoms with Crippen molar-refractivity contribution in [2.24, 2.45) is 0 Å². The molecule has 0 atom stereocenters. The summed E-state index contributed by atoms with van der Waals surface area (Å²) in [6.45, 7) is 0. The topological polar surface area (TPSA) is 70.3 Å². The highest BCUT2D eigenvalue weighted by atomic mass is 16.5. The van der Waals surface area contributed by atoms with Crippen LogP contribution in [0.1, 0.15) is 37.7 Å². The molecule has 94 valence electrons. The fourth-order valence-corrected chi connectivity index (χ4v) is 2.31. The number of benzene rings is 1. The van der Waals surface area contributed by atoms with Crippen molar-refractivity contribution in [3.63, 3.8) is 0 Å². The van der Waals surface area contributed by atoms with E-state index in [0.717, 1.165) is 19.3 Å². The van der Waals surface area contributed by atoms with Crippen molar-refractivity contribution in [2.45, 2.75) is 37.7 Å². The van der Waals surface area contributed by atoms with Gasteiger partial charge in [-0.2, -0.15) is 5.26 Å². The molecule has 1 saturated carbocycles. The van der Waals surface area contributed by atoms with Crippen LogP contribution in [0.5, 0.6) is 5.75 Å². The Bertz CT molecular complexity index is 467. The van der Waals surface area contributed by atoms with Crippen LogP contribution in [0, 0.1) is 11.3 Å². The molecule has 1 aromatic carbocycles. The second-order valence-corrected chi connectivity index (χ2v) is 4.60. The zero-order valence-electron chi connectivity index (χ0n) is 10.1. The van der Waals surface area contributed by atoms with Gasteiger partial charge >= 0.3 is 5.97 Å². The van der Waals surface area contributed by atoms with Crippen LogP contribution >= 0.6 is 0 Å². The van der Waals surface area contributed by atoms with Crippen molar-refractivity contribution in [1.82, 2.24) is 0 Å². The van der Waals surface area contributed by atoms with Crippen LogP contribution in [0.15, 0.2) is 24.3 Å². The van der Waals surface area contributed by atoms with Gasteiger partial charge in [-0.3, -0.25) is 0 Å². The minimum Gasteiger partial charge on any atom is -0.478 e. The third-order valence-corrected chi connectivity index (χ3v) is 3.35. The summed E-state index contributed by atoms with van der Waals surface area (Å²) >= 11 is 0. The summed E-state index contributed by atoms with van der Waals surface area (Å²) in [6.07, 6.45) is 3.90. The first-order valence-corrected chi connectivity index (χ1v) is 6.09. The standard InChI is InChI=1S/C14H15NO3/c15-10-11-4-6-12(7-5-11)18-14(13(16)17)8-2-1-3-9-14/h4-7H,1-3,8-9H2,(H,16,17). The highest BCUT2D eigenvalue weighted by molar-refractivity contribution is 5.78. The maximum absolute atomic E-state index is 11.4. The first-order valence-electron chi connectivity index (χ1n) is 6.09. The lowest BCUT2D eigenvalue weighted by atomic mass is 9.84. The van der Waals surface area contributed by atoms with Crippen molar-refractivity contribution in [3.8, 4) is 11.8 Å². The lowest BCUT2D eigenvalue weighted by Gasteiger charge is -2.33. The first kappa shape index (κ1) is 12.4. The Morgan fingerprint density at radius 1 is 1.22 bits per heavy atom. The number of carbonyl (C=O) groups is 1. The molecule has 0 unspecified atom stereocenters. The molecule has 0 saturated heterocycles. The molecule has 0 radical (unpaired) electrons. The van der Waals surface area contributed by atoms with Gasteiger partial charge in [-0.1, -0.05) is 6.42 Å². The van der Waals surface area contributed by atoms with Gasteiger partial charge in [0, 0.05) is 0 Å². The Hall–Kier alpha value is -2.02. The number of ether oxygens (including phenoxy) is 1. The van der Waals surface area contributed by atoms with Crippen LogP contribution in [0.25, 0.3) is 0 Å². The Balaban J connectivity index is 2.18. The van der Waals surface area contributed by atoms with Crippen molar-refractivity contribution < 1.29 is 14.6 Å². The van der Waals surface area contributed by atoms with Crippen molar-refractivity contribution in [1.29, 1.82) is 5.26 Å². The summed E-state index contributed by atoms with van der Waals surface area (Å²) < 4.78 is 5.69. The lowest BCUT2D eigenvalue weighted by Crippen LogP contribution is -2.46. The molecule has 0 aliphatic heterocycles. The number of aliphatic carboxylic acids is 1. The SMILES string of the molecule is N#Cc1ccc(OC2(C(=O)O)CCCCC2)cc1. The van der Waals surface area contributed by atoms with Crippen LogP contribution in [0.2, 0.25) is 0 Å². The van der Waals surface area contributed by atoms with Gasteiger partial charge in [-0.25, -0.2) is 4.79 Å². The van der Waals surface area contributed by atoms with Gasteiger partial charge in [0.25, 0.3) is 0 Å². The van der Waals surface area contributed by atoms with E-state index in [1.54, 1.807) is 24.3 Å². The molecule has 18 heavy (non-hydrogen) atoms. The van der Waals surface area contributed by atoms with E-state index >= 15 is 0 Å². The maximum Gasteiger partial charge on any atom is 0.348 e. The van der Waals surface area contributed by atoms with Crippen molar-refractivity contribution in [2.75, 3.05) is 0 Å². The summed E-state index contributed by atoms with van der Waals surface area (Å²) in [6, 6.07) is 8.58. The Labute approximate surface area is 106 Å². The molecule has 4 heteroatoms. The quantitative estimate of drug-likeness (QED) is 0.888. The minimum atomic E-state index is -1.09. The summed E-state index contributed by atoms with van der Waals surface area (Å²) in [5.41, 5.74) is -0.553. The summed E-state index contributed by atoms with van der Waals surface area (Å²) in [4.78, 5) is 11.4. The number of carboxylic acid groups (broad SMARTS) is 1. The molecule has 1 aliphatic rings. The highest BCUT2D eigenvalue weighted by Crippen LogP contribution is 2.33. The number of nitriles is 1. The Kier molecular flexibility index (Phi) is 3.52. The lowest BCUT2D eigenvalue weighted by molar-refractivity contribution is -0.158. The molecule has 1 fully saturated rings. The van der Waals surface area contributed by atoms with E-state index in [1.807, 2.05) is 6.07 Å². The number of nitrogens with zero attached hydrogens (tertiary/aromatic N) is 1. The third kappa shape index (κ3) is 2.45. The Morgan fingerprint density at radius 2 is 1.83 bits per heavy atom. The minimum absolute atomic E-state index is 0.512. The molecule has 0 amide bonds. The molecule has 0 spiro atoms. The molecule has 0 aromatic heterocycles. The molecule has 4 nitrogen and oxygen atoms in total. The van der Waals surface area contributed by atoms with Gasteiger partial charge in [-0.05, 0) is 49.9 Å². The number of hydrogen-bond donors (Lipinski definition) is 1. The van der Waals surface area contributed by atoms with Gasteiger partial charge in [0.15, 0.2) is 0 Å². The summed E-state index contributed by atoms with van der Waals surface area (Å²) in [7, 11) is 0. The van der Waals surface area contributed by atoms with Crippen molar-refractivity contribution >= 4 is 5.97 Å². The van der Waals surface area contributed by atoms with Crippen LogP contribution in [-0.4, -0.2) is 16.7 Å². The number of hydrogen-bond acceptors (Lipinski definition) is 3. The van der Waals surface area contributed by atoms with Gasteiger partial charge in [0.2, 0.25) is 5.60 Å². The van der Waals surface area contributed by atoms with E-state index in [4.69, 9.17) is 10.00 Å². The molecule has 0 heterocycles. The van der Waals surface area contributed by atoms with E-state index in [0.29, 0.717) is 24.2 Å². The van der Waals surface area contributed by atoms with Crippen LogP contribution in [0.3, 0.4) is 0 Å². The summed E-state index contributed by atoms with van der Waals surface area (Å²) in [5, 5.41) is 18.1. The van der Waals surface area contributed by atoms with Crippen molar-refractivity contribution in [3.05, 3.63) is 29.8 Å². The average Bonchev–Trinajstić information content (AvgIpc) is 2.40. The molecule has 1 aromatic rings. The van der Waals surface area contributed by atoms with E-state index in [-0.39, 0.29) is 0 Å². The van der Waals surface area contributed by atoms with Crippen LogP contribution < -0.4 is 4.74 Å². The molecular formula is C14H15NO3. The van der Waals surface area contributed by atoms with E-state index < -0.39 is 11.6 Å². The third-order valence-electron chi connectivity index (χ3n) is 3.35. The maximum atomic E-state index is 11.4. The van der Waals surface area contributed by atoms with E-state index in [1.165, 1.54) is 0 Å². The normalized spacial score (nSPS) is 17.7. The largest absolute Gasteiger partial charge is 0.478 e. The fraction of sp³-hybridized carbons (Fsp3) is 0.429. The molecule has 1 N–H and O–H groups in total. The van der Waals surface area contributed by atoms with Crippen LogP contribution in [-0.2, 0) is 4.79 Å². The molecule has 2 rings (SSSR count). The highest BCUT2D eigenvalue weighted by Gasteiger charge is 2.42. The first-order chi connectivity index (χ1) is 8.66. The molecule has 1 aliphatic carbocycles. The van der Waals surface area contributed by atoms with Gasteiger partial charge < -0.3 is 9.84 Å². The van der Waals surface area contributed by atoms with E-state index in [2.05, 4.69) is 0 Å². The second kappa shape index (κ2) is 5.09. The average molecular weight is 245 g/mol. The predicted octanol–water partition coefficient (Wildman–Crippen LogP) is 2.72. The number of rotatable bonds is 3. The van der Waals surface area contributed by atoms with Gasteiger partial charge in [0.05, 0.1) is 11.6 Å². The molecular weight excluding hydrogens is 230 g/mol. The molecule has 0 bridgehead atoms. The fourth-order valence-electron chi connectivity index (χ4n) is 2.31. The summed E-state index contributed by atoms with van der Waals surface area (Å²) in [5.74, 6) is -0.384. The van der Waals surface area contributed by atoms with Gasteiger partial charge in [-0.15, -0.1) is 0 Å². The Morgan fingerprint density at radius 3 is 2.33 bits per heavy atom. The van der Waals surface area contributed by atoms with E-state index in [9.17, 15) is 9.90 Å². The smallest absolute Gasteiger partial charge is 0.348 e. The number of carboxylic acids is 1. The monoisotopic (exact) mass is 245 g/mol. The van der Waals surface area contributed by atoms with Crippen LogP contribution in [0.4, 0.5) is 0 Å².